The largest absolute Gasteiger partial charge is 0.480 e. The van der Waals surface area contributed by atoms with Gasteiger partial charge in [0, 0.05) is 6.54 Å². The predicted octanol–water partition coefficient (Wildman–Crippen LogP) is 0.346. The summed E-state index contributed by atoms with van der Waals surface area (Å²) < 4.78 is 0. The number of rotatable bonds is 1. The lowest BCUT2D eigenvalue weighted by molar-refractivity contribution is -0.160. The third kappa shape index (κ3) is 1.83. The van der Waals surface area contributed by atoms with Crippen LogP contribution in [-0.2, 0) is 4.79 Å². The van der Waals surface area contributed by atoms with Crippen LogP contribution in [0.2, 0.25) is 0 Å². The van der Waals surface area contributed by atoms with Crippen LogP contribution in [0.5, 0.6) is 0 Å². The topological polar surface area (TPSA) is 60.8 Å². The molecule has 1 rings (SSSR count). The van der Waals surface area contributed by atoms with E-state index in [1.54, 1.807) is 0 Å². The van der Waals surface area contributed by atoms with E-state index in [-0.39, 0.29) is 12.4 Å². The standard InChI is InChI=1S/C5H9NO3.ClH/c7-5(8)4-2-1-3-6(4)9;/h4,9H,1-3H2,(H,7,8);1H. The second-order valence-corrected chi connectivity index (χ2v) is 2.16. The summed E-state index contributed by atoms with van der Waals surface area (Å²) in [5, 5.41) is 18.1. The number of halogens is 1. The highest BCUT2D eigenvalue weighted by Crippen LogP contribution is 2.13. The van der Waals surface area contributed by atoms with Gasteiger partial charge in [-0.05, 0) is 12.8 Å². The minimum atomic E-state index is -0.935. The molecule has 1 saturated heterocycles. The molecule has 0 radical (unpaired) electrons. The Morgan fingerprint density at radius 1 is 1.60 bits per heavy atom. The molecule has 0 aromatic carbocycles. The first-order chi connectivity index (χ1) is 4.22. The molecule has 2 N–H and O–H groups in total. The zero-order chi connectivity index (χ0) is 6.85. The first kappa shape index (κ1) is 9.68. The van der Waals surface area contributed by atoms with Crippen molar-refractivity contribution in [3.63, 3.8) is 0 Å². The highest BCUT2D eigenvalue weighted by atomic mass is 35.5. The van der Waals surface area contributed by atoms with Crippen molar-refractivity contribution in [2.45, 2.75) is 18.9 Å². The van der Waals surface area contributed by atoms with E-state index in [2.05, 4.69) is 0 Å². The summed E-state index contributed by atoms with van der Waals surface area (Å²) in [7, 11) is 0. The molecule has 0 amide bonds. The van der Waals surface area contributed by atoms with Crippen molar-refractivity contribution < 1.29 is 15.1 Å². The SMILES string of the molecule is Cl.O=C(O)C1CCCN1O. The number of carboxylic acids is 1. The zero-order valence-corrected chi connectivity index (χ0v) is 6.17. The third-order valence-corrected chi connectivity index (χ3v) is 1.51. The smallest absolute Gasteiger partial charge is 0.323 e. The van der Waals surface area contributed by atoms with Gasteiger partial charge in [0.1, 0.15) is 6.04 Å². The Hall–Kier alpha value is -0.320. The van der Waals surface area contributed by atoms with E-state index >= 15 is 0 Å². The van der Waals surface area contributed by atoms with Gasteiger partial charge in [0.25, 0.3) is 0 Å². The van der Waals surface area contributed by atoms with Crippen LogP contribution in [0.25, 0.3) is 0 Å². The molecule has 0 spiro atoms. The molecular formula is C5H10ClNO3. The van der Waals surface area contributed by atoms with Gasteiger partial charge in [-0.2, -0.15) is 5.06 Å². The van der Waals surface area contributed by atoms with Crippen molar-refractivity contribution in [3.05, 3.63) is 0 Å². The molecule has 1 unspecified atom stereocenters. The molecule has 0 saturated carbocycles. The number of hydrogen-bond acceptors (Lipinski definition) is 3. The van der Waals surface area contributed by atoms with Gasteiger partial charge in [-0.3, -0.25) is 4.79 Å². The fourth-order valence-corrected chi connectivity index (χ4v) is 1.00. The Labute approximate surface area is 64.8 Å². The van der Waals surface area contributed by atoms with Crippen LogP contribution in [0.15, 0.2) is 0 Å². The lowest BCUT2D eigenvalue weighted by atomic mass is 10.2. The van der Waals surface area contributed by atoms with E-state index in [1.807, 2.05) is 0 Å². The Morgan fingerprint density at radius 3 is 2.40 bits per heavy atom. The minimum absolute atomic E-state index is 0. The van der Waals surface area contributed by atoms with Gasteiger partial charge >= 0.3 is 5.97 Å². The minimum Gasteiger partial charge on any atom is -0.480 e. The Morgan fingerprint density at radius 2 is 2.20 bits per heavy atom. The molecule has 1 fully saturated rings. The summed E-state index contributed by atoms with van der Waals surface area (Å²) in [5.41, 5.74) is 0. The Balaban J connectivity index is 0.000000810. The van der Waals surface area contributed by atoms with Crippen LogP contribution in [0, 0.1) is 0 Å². The van der Waals surface area contributed by atoms with Crippen molar-refractivity contribution in [1.82, 2.24) is 5.06 Å². The summed E-state index contributed by atoms with van der Waals surface area (Å²) in [6.45, 7) is 0.483. The molecular weight excluding hydrogens is 158 g/mol. The van der Waals surface area contributed by atoms with Crippen LogP contribution >= 0.6 is 12.4 Å². The molecule has 0 aromatic heterocycles. The predicted molar refractivity (Wildman–Crippen MR) is 36.4 cm³/mol. The van der Waals surface area contributed by atoms with Gasteiger partial charge < -0.3 is 10.3 Å². The van der Waals surface area contributed by atoms with Gasteiger partial charge in [0.05, 0.1) is 0 Å². The quantitative estimate of drug-likeness (QED) is 0.592. The molecule has 5 heteroatoms. The Kier molecular flexibility index (Phi) is 3.63. The maximum atomic E-state index is 10.2. The summed E-state index contributed by atoms with van der Waals surface area (Å²) >= 11 is 0. The summed E-state index contributed by atoms with van der Waals surface area (Å²) in [6, 6.07) is -0.662. The van der Waals surface area contributed by atoms with Crippen molar-refractivity contribution in [3.8, 4) is 0 Å². The van der Waals surface area contributed by atoms with E-state index in [0.717, 1.165) is 11.5 Å². The van der Waals surface area contributed by atoms with Crippen molar-refractivity contribution >= 4 is 18.4 Å². The molecule has 10 heavy (non-hydrogen) atoms. The number of hydroxylamine groups is 2. The van der Waals surface area contributed by atoms with E-state index in [9.17, 15) is 4.79 Å². The summed E-state index contributed by atoms with van der Waals surface area (Å²) in [5.74, 6) is -0.935. The first-order valence-corrected chi connectivity index (χ1v) is 2.90. The molecule has 0 aliphatic carbocycles. The molecule has 0 bridgehead atoms. The lowest BCUT2D eigenvalue weighted by Crippen LogP contribution is -2.32. The van der Waals surface area contributed by atoms with E-state index in [0.29, 0.717) is 13.0 Å². The second kappa shape index (κ2) is 3.75. The van der Waals surface area contributed by atoms with Crippen LogP contribution < -0.4 is 0 Å². The van der Waals surface area contributed by atoms with Crippen LogP contribution in [0.4, 0.5) is 0 Å². The number of aliphatic carboxylic acids is 1. The fourth-order valence-electron chi connectivity index (χ4n) is 1.00. The maximum Gasteiger partial charge on any atom is 0.323 e. The van der Waals surface area contributed by atoms with E-state index in [4.69, 9.17) is 10.3 Å². The monoisotopic (exact) mass is 167 g/mol. The van der Waals surface area contributed by atoms with Crippen LogP contribution in [-0.4, -0.2) is 33.9 Å². The lowest BCUT2D eigenvalue weighted by Gasteiger charge is -2.11. The normalized spacial score (nSPS) is 25.9. The molecule has 0 aromatic rings. The maximum absolute atomic E-state index is 10.2. The van der Waals surface area contributed by atoms with Crippen molar-refractivity contribution in [1.29, 1.82) is 0 Å². The third-order valence-electron chi connectivity index (χ3n) is 1.51. The number of hydrogen-bond donors (Lipinski definition) is 2. The molecule has 4 nitrogen and oxygen atoms in total. The second-order valence-electron chi connectivity index (χ2n) is 2.16. The highest BCUT2D eigenvalue weighted by Gasteiger charge is 2.28. The molecule has 1 heterocycles. The number of carboxylic acid groups (broad SMARTS) is 1. The molecule has 1 aliphatic heterocycles. The van der Waals surface area contributed by atoms with Crippen molar-refractivity contribution in [2.75, 3.05) is 6.54 Å². The molecule has 1 aliphatic rings. The summed E-state index contributed by atoms with van der Waals surface area (Å²) in [6.07, 6.45) is 1.33. The number of carbonyl (C=O) groups is 1. The molecule has 1 atom stereocenters. The fraction of sp³-hybridized carbons (Fsp3) is 0.800. The number of nitrogens with zero attached hydrogens (tertiary/aromatic N) is 1. The van der Waals surface area contributed by atoms with Crippen LogP contribution in [0.3, 0.4) is 0 Å². The van der Waals surface area contributed by atoms with Gasteiger partial charge in [-0.1, -0.05) is 0 Å². The summed E-state index contributed by atoms with van der Waals surface area (Å²) in [4.78, 5) is 10.2. The molecule has 60 valence electrons. The van der Waals surface area contributed by atoms with Gasteiger partial charge in [0.2, 0.25) is 0 Å². The van der Waals surface area contributed by atoms with Gasteiger partial charge in [-0.15, -0.1) is 12.4 Å². The Bertz CT molecular complexity index is 130. The average Bonchev–Trinajstić information content (AvgIpc) is 2.13. The highest BCUT2D eigenvalue weighted by molar-refractivity contribution is 5.85. The van der Waals surface area contributed by atoms with Gasteiger partial charge in [-0.25, -0.2) is 0 Å². The first-order valence-electron chi connectivity index (χ1n) is 2.90. The van der Waals surface area contributed by atoms with E-state index < -0.39 is 12.0 Å². The zero-order valence-electron chi connectivity index (χ0n) is 5.36. The van der Waals surface area contributed by atoms with Crippen molar-refractivity contribution in [2.24, 2.45) is 0 Å². The van der Waals surface area contributed by atoms with E-state index in [1.165, 1.54) is 0 Å². The van der Waals surface area contributed by atoms with Crippen LogP contribution in [0.1, 0.15) is 12.8 Å². The van der Waals surface area contributed by atoms with Gasteiger partial charge in [0.15, 0.2) is 0 Å². The average molecular weight is 168 g/mol.